The summed E-state index contributed by atoms with van der Waals surface area (Å²) >= 11 is 4.86. The Kier molecular flexibility index (Phi) is 5.78. The zero-order valence-corrected chi connectivity index (χ0v) is 11.8. The van der Waals surface area contributed by atoms with Crippen molar-refractivity contribution in [1.82, 2.24) is 4.90 Å². The fourth-order valence-corrected chi connectivity index (χ4v) is 1.88. The highest BCUT2D eigenvalue weighted by Gasteiger charge is 2.14. The minimum atomic E-state index is 0.0526. The number of carbonyl (C=O) groups excluding carboxylic acids is 1. The third kappa shape index (κ3) is 4.45. The maximum atomic E-state index is 12.3. The van der Waals surface area contributed by atoms with Gasteiger partial charge in [0.2, 0.25) is 0 Å². The highest BCUT2D eigenvalue weighted by molar-refractivity contribution is 7.80. The van der Waals surface area contributed by atoms with E-state index in [1.54, 1.807) is 0 Å². The van der Waals surface area contributed by atoms with Crippen molar-refractivity contribution >= 4 is 23.1 Å². The van der Waals surface area contributed by atoms with Gasteiger partial charge in [0.1, 0.15) is 0 Å². The Bertz CT molecular complexity index is 432. The Hall–Kier alpha value is -1.42. The average Bonchev–Trinajstić information content (AvgIpc) is 2.33. The van der Waals surface area contributed by atoms with Crippen LogP contribution in [0.1, 0.15) is 35.7 Å². The number of benzene rings is 1. The van der Waals surface area contributed by atoms with Gasteiger partial charge in [-0.1, -0.05) is 36.8 Å². The van der Waals surface area contributed by atoms with Crippen LogP contribution in [0.5, 0.6) is 0 Å². The number of carbonyl (C=O) groups is 1. The van der Waals surface area contributed by atoms with E-state index in [4.69, 9.17) is 18.0 Å². The molecule has 18 heavy (non-hydrogen) atoms. The smallest absolute Gasteiger partial charge is 0.253 e. The second-order valence-corrected chi connectivity index (χ2v) is 4.90. The van der Waals surface area contributed by atoms with Crippen molar-refractivity contribution in [2.45, 2.75) is 26.7 Å². The first-order valence-corrected chi connectivity index (χ1v) is 6.59. The van der Waals surface area contributed by atoms with Gasteiger partial charge in [-0.05, 0) is 25.5 Å². The standard InChI is InChI=1S/C14H20N2OS/c1-3-8-16(9-7-13(15)18)14(17)12-6-4-5-11(2)10-12/h4-6,10H,3,7-9H2,1-2H3,(H2,15,18). The number of nitrogens with two attached hydrogens (primary N) is 1. The van der Waals surface area contributed by atoms with E-state index in [-0.39, 0.29) is 5.91 Å². The lowest BCUT2D eigenvalue weighted by molar-refractivity contribution is 0.0760. The highest BCUT2D eigenvalue weighted by Crippen LogP contribution is 2.09. The molecular formula is C14H20N2OS. The first-order chi connectivity index (χ1) is 8.54. The van der Waals surface area contributed by atoms with Crippen LogP contribution in [0.2, 0.25) is 0 Å². The first-order valence-electron chi connectivity index (χ1n) is 6.19. The van der Waals surface area contributed by atoms with Crippen LogP contribution < -0.4 is 5.73 Å². The van der Waals surface area contributed by atoms with Gasteiger partial charge in [0, 0.05) is 25.1 Å². The maximum Gasteiger partial charge on any atom is 0.253 e. The molecule has 1 aromatic carbocycles. The minimum absolute atomic E-state index is 0.0526. The van der Waals surface area contributed by atoms with Crippen LogP contribution in [-0.4, -0.2) is 28.9 Å². The molecular weight excluding hydrogens is 244 g/mol. The second-order valence-electron chi connectivity index (χ2n) is 4.38. The van der Waals surface area contributed by atoms with Gasteiger partial charge in [-0.3, -0.25) is 4.79 Å². The molecule has 0 bridgehead atoms. The number of hydrogen-bond acceptors (Lipinski definition) is 2. The fourth-order valence-electron chi connectivity index (χ4n) is 1.79. The first kappa shape index (κ1) is 14.6. The lowest BCUT2D eigenvalue weighted by atomic mass is 10.1. The van der Waals surface area contributed by atoms with Gasteiger partial charge in [-0.25, -0.2) is 0 Å². The van der Waals surface area contributed by atoms with Gasteiger partial charge < -0.3 is 10.6 Å². The van der Waals surface area contributed by atoms with Crippen LogP contribution in [0.15, 0.2) is 24.3 Å². The van der Waals surface area contributed by atoms with E-state index in [2.05, 4.69) is 6.92 Å². The molecule has 0 aliphatic heterocycles. The Morgan fingerprint density at radius 1 is 1.39 bits per heavy atom. The third-order valence-electron chi connectivity index (χ3n) is 2.67. The number of nitrogens with zero attached hydrogens (tertiary/aromatic N) is 1. The summed E-state index contributed by atoms with van der Waals surface area (Å²) in [5.74, 6) is 0.0526. The monoisotopic (exact) mass is 264 g/mol. The number of amides is 1. The molecule has 0 saturated heterocycles. The zero-order chi connectivity index (χ0) is 13.5. The molecule has 0 saturated carbocycles. The molecule has 0 spiro atoms. The molecule has 0 atom stereocenters. The van der Waals surface area contributed by atoms with Gasteiger partial charge in [0.25, 0.3) is 5.91 Å². The number of rotatable bonds is 6. The fraction of sp³-hybridized carbons (Fsp3) is 0.429. The summed E-state index contributed by atoms with van der Waals surface area (Å²) < 4.78 is 0. The summed E-state index contributed by atoms with van der Waals surface area (Å²) in [4.78, 5) is 14.6. The quantitative estimate of drug-likeness (QED) is 0.803. The Morgan fingerprint density at radius 3 is 2.67 bits per heavy atom. The van der Waals surface area contributed by atoms with E-state index in [9.17, 15) is 4.79 Å². The van der Waals surface area contributed by atoms with Gasteiger partial charge in [-0.2, -0.15) is 0 Å². The second kappa shape index (κ2) is 7.11. The Balaban J connectivity index is 2.78. The molecule has 1 rings (SSSR count). The van der Waals surface area contributed by atoms with Crippen molar-refractivity contribution in [2.75, 3.05) is 13.1 Å². The van der Waals surface area contributed by atoms with Crippen molar-refractivity contribution in [3.05, 3.63) is 35.4 Å². The van der Waals surface area contributed by atoms with E-state index in [0.29, 0.717) is 18.0 Å². The molecule has 0 radical (unpaired) electrons. The molecule has 98 valence electrons. The Morgan fingerprint density at radius 2 is 2.11 bits per heavy atom. The topological polar surface area (TPSA) is 46.3 Å². The lowest BCUT2D eigenvalue weighted by Crippen LogP contribution is -2.34. The van der Waals surface area contributed by atoms with E-state index in [0.717, 1.165) is 24.1 Å². The van der Waals surface area contributed by atoms with Gasteiger partial charge >= 0.3 is 0 Å². The van der Waals surface area contributed by atoms with Crippen LogP contribution in [0, 0.1) is 6.92 Å². The molecule has 0 aliphatic rings. The third-order valence-corrected chi connectivity index (χ3v) is 2.88. The largest absolute Gasteiger partial charge is 0.393 e. The molecule has 0 unspecified atom stereocenters. The zero-order valence-electron chi connectivity index (χ0n) is 11.0. The molecule has 1 amide bonds. The van der Waals surface area contributed by atoms with Crippen LogP contribution >= 0.6 is 12.2 Å². The molecule has 0 aromatic heterocycles. The van der Waals surface area contributed by atoms with Crippen LogP contribution in [0.4, 0.5) is 0 Å². The van der Waals surface area contributed by atoms with Gasteiger partial charge in [-0.15, -0.1) is 0 Å². The van der Waals surface area contributed by atoms with E-state index < -0.39 is 0 Å². The summed E-state index contributed by atoms with van der Waals surface area (Å²) in [5.41, 5.74) is 7.31. The van der Waals surface area contributed by atoms with Gasteiger partial charge in [0.05, 0.1) is 4.99 Å². The van der Waals surface area contributed by atoms with E-state index in [1.165, 1.54) is 0 Å². The highest BCUT2D eigenvalue weighted by atomic mass is 32.1. The number of aryl methyl sites for hydroxylation is 1. The van der Waals surface area contributed by atoms with Crippen molar-refractivity contribution in [3.8, 4) is 0 Å². The normalized spacial score (nSPS) is 10.1. The minimum Gasteiger partial charge on any atom is -0.393 e. The summed E-state index contributed by atoms with van der Waals surface area (Å²) in [5, 5.41) is 0. The van der Waals surface area contributed by atoms with Crippen molar-refractivity contribution < 1.29 is 4.79 Å². The van der Waals surface area contributed by atoms with Crippen LogP contribution in [0.3, 0.4) is 0 Å². The molecule has 2 N–H and O–H groups in total. The molecule has 0 aliphatic carbocycles. The summed E-state index contributed by atoms with van der Waals surface area (Å²) in [6.45, 7) is 5.36. The lowest BCUT2D eigenvalue weighted by Gasteiger charge is -2.22. The van der Waals surface area contributed by atoms with Crippen molar-refractivity contribution in [1.29, 1.82) is 0 Å². The predicted octanol–water partition coefficient (Wildman–Crippen LogP) is 2.52. The molecule has 3 nitrogen and oxygen atoms in total. The molecule has 4 heteroatoms. The number of thiocarbonyl (C=S) groups is 1. The molecule has 1 aromatic rings. The van der Waals surface area contributed by atoms with Crippen molar-refractivity contribution in [2.24, 2.45) is 5.73 Å². The maximum absolute atomic E-state index is 12.3. The summed E-state index contributed by atoms with van der Waals surface area (Å²) in [6, 6.07) is 7.64. The Labute approximate surface area is 114 Å². The van der Waals surface area contributed by atoms with Crippen LogP contribution in [0.25, 0.3) is 0 Å². The molecule has 0 heterocycles. The van der Waals surface area contributed by atoms with Crippen LogP contribution in [-0.2, 0) is 0 Å². The van der Waals surface area contributed by atoms with E-state index >= 15 is 0 Å². The van der Waals surface area contributed by atoms with Gasteiger partial charge in [0.15, 0.2) is 0 Å². The summed E-state index contributed by atoms with van der Waals surface area (Å²) in [6.07, 6.45) is 1.50. The number of hydrogen-bond donors (Lipinski definition) is 1. The average molecular weight is 264 g/mol. The molecule has 0 fully saturated rings. The van der Waals surface area contributed by atoms with E-state index in [1.807, 2.05) is 36.1 Å². The van der Waals surface area contributed by atoms with Crippen molar-refractivity contribution in [3.63, 3.8) is 0 Å². The predicted molar refractivity (Wildman–Crippen MR) is 78.8 cm³/mol. The summed E-state index contributed by atoms with van der Waals surface area (Å²) in [7, 11) is 0. The SMILES string of the molecule is CCCN(CCC(N)=S)C(=O)c1cccc(C)c1.